The minimum Gasteiger partial charge on any atom is -0.387 e. The zero-order chi connectivity index (χ0) is 16.1. The van der Waals surface area contributed by atoms with Crippen LogP contribution in [-0.4, -0.2) is 60.1 Å². The highest BCUT2D eigenvalue weighted by atomic mass is 16.7. The summed E-state index contributed by atoms with van der Waals surface area (Å²) in [5, 5.41) is 10.3. The van der Waals surface area contributed by atoms with Crippen molar-refractivity contribution in [3.8, 4) is 0 Å². The fourth-order valence-electron chi connectivity index (χ4n) is 2.25. The maximum atomic E-state index is 12.0. The molecular weight excluding hydrogens is 294 g/mol. The zero-order valence-electron chi connectivity index (χ0n) is 12.5. The van der Waals surface area contributed by atoms with Crippen molar-refractivity contribution < 1.29 is 24.1 Å². The van der Waals surface area contributed by atoms with Gasteiger partial charge in [-0.3, -0.25) is 4.57 Å². The second kappa shape index (κ2) is 7.65. The molecule has 124 valence electrons. The predicted octanol–water partition coefficient (Wildman–Crippen LogP) is -0.891. The van der Waals surface area contributed by atoms with Crippen molar-refractivity contribution in [1.82, 2.24) is 9.55 Å². The van der Waals surface area contributed by atoms with Gasteiger partial charge in [0.25, 0.3) is 0 Å². The summed E-state index contributed by atoms with van der Waals surface area (Å²) in [6, 6.07) is 1.47. The van der Waals surface area contributed by atoms with Crippen LogP contribution in [0, 0.1) is 0 Å². The van der Waals surface area contributed by atoms with Gasteiger partial charge in [0.1, 0.15) is 30.9 Å². The molecule has 4 atom stereocenters. The molecule has 0 aromatic carbocycles. The Labute approximate surface area is 127 Å². The number of hydrogen-bond acceptors (Lipinski definition) is 8. The molecule has 1 fully saturated rings. The first-order valence-electron chi connectivity index (χ1n) is 6.95. The van der Waals surface area contributed by atoms with Crippen LogP contribution in [0.4, 0.5) is 5.82 Å². The molecule has 1 saturated heterocycles. The highest BCUT2D eigenvalue weighted by Crippen LogP contribution is 2.31. The molecule has 0 bridgehead atoms. The van der Waals surface area contributed by atoms with Gasteiger partial charge in [-0.1, -0.05) is 0 Å². The van der Waals surface area contributed by atoms with Crippen molar-refractivity contribution in [3.63, 3.8) is 0 Å². The number of anilines is 1. The van der Waals surface area contributed by atoms with Gasteiger partial charge in [0.15, 0.2) is 6.23 Å². The Bertz CT molecular complexity index is 537. The van der Waals surface area contributed by atoms with Gasteiger partial charge in [-0.15, -0.1) is 0 Å². The van der Waals surface area contributed by atoms with E-state index in [9.17, 15) is 9.90 Å². The van der Waals surface area contributed by atoms with Crippen LogP contribution in [0.15, 0.2) is 17.1 Å². The second-order valence-electron chi connectivity index (χ2n) is 4.80. The molecule has 1 aromatic heterocycles. The lowest BCUT2D eigenvalue weighted by atomic mass is 10.1. The Morgan fingerprint density at radius 2 is 2.32 bits per heavy atom. The Hall–Kier alpha value is -1.52. The van der Waals surface area contributed by atoms with Crippen LogP contribution < -0.4 is 11.4 Å². The molecule has 2 rings (SSSR count). The molecule has 22 heavy (non-hydrogen) atoms. The van der Waals surface area contributed by atoms with Crippen LogP contribution >= 0.6 is 0 Å². The molecule has 0 aliphatic carbocycles. The van der Waals surface area contributed by atoms with Crippen molar-refractivity contribution in [2.24, 2.45) is 0 Å². The van der Waals surface area contributed by atoms with E-state index in [2.05, 4.69) is 4.98 Å². The van der Waals surface area contributed by atoms with Crippen molar-refractivity contribution in [2.75, 3.05) is 32.9 Å². The third-order valence-corrected chi connectivity index (χ3v) is 3.32. The van der Waals surface area contributed by atoms with Crippen molar-refractivity contribution in [3.05, 3.63) is 22.7 Å². The van der Waals surface area contributed by atoms with E-state index in [-0.39, 0.29) is 19.2 Å². The van der Waals surface area contributed by atoms with Gasteiger partial charge in [-0.25, -0.2) is 4.79 Å². The van der Waals surface area contributed by atoms with E-state index in [1.165, 1.54) is 23.9 Å². The second-order valence-corrected chi connectivity index (χ2v) is 4.80. The Balaban J connectivity index is 2.22. The first-order chi connectivity index (χ1) is 10.6. The summed E-state index contributed by atoms with van der Waals surface area (Å²) in [7, 11) is 1.50. The third-order valence-electron chi connectivity index (χ3n) is 3.32. The third kappa shape index (κ3) is 3.62. The number of aromatic nitrogens is 2. The van der Waals surface area contributed by atoms with Gasteiger partial charge in [0.05, 0.1) is 6.61 Å². The summed E-state index contributed by atoms with van der Waals surface area (Å²) in [4.78, 5) is 15.6. The highest BCUT2D eigenvalue weighted by Gasteiger charge is 2.46. The number of ether oxygens (including phenoxy) is 4. The van der Waals surface area contributed by atoms with E-state index in [0.717, 1.165) is 0 Å². The molecule has 9 heteroatoms. The lowest BCUT2D eigenvalue weighted by Gasteiger charge is -2.22. The fourth-order valence-corrected chi connectivity index (χ4v) is 2.25. The SMILES string of the molecule is CCOCOC1C(O)C(COC)OC1n1ccc(N)nc1=O. The molecular formula is C13H21N3O6. The van der Waals surface area contributed by atoms with Gasteiger partial charge in [-0.05, 0) is 13.0 Å². The number of methoxy groups -OCH3 is 1. The molecule has 0 spiro atoms. The largest absolute Gasteiger partial charge is 0.387 e. The Morgan fingerprint density at radius 1 is 1.55 bits per heavy atom. The average molecular weight is 315 g/mol. The lowest BCUT2D eigenvalue weighted by molar-refractivity contribution is -0.138. The maximum absolute atomic E-state index is 12.0. The van der Waals surface area contributed by atoms with Crippen LogP contribution in [0.2, 0.25) is 0 Å². The summed E-state index contributed by atoms with van der Waals surface area (Å²) >= 11 is 0. The molecule has 2 heterocycles. The fraction of sp³-hybridized carbons (Fsp3) is 0.692. The van der Waals surface area contributed by atoms with E-state index in [0.29, 0.717) is 6.61 Å². The van der Waals surface area contributed by atoms with E-state index in [4.69, 9.17) is 24.7 Å². The maximum Gasteiger partial charge on any atom is 0.351 e. The van der Waals surface area contributed by atoms with Gasteiger partial charge < -0.3 is 29.8 Å². The van der Waals surface area contributed by atoms with Gasteiger partial charge in [0.2, 0.25) is 0 Å². The number of rotatable bonds is 7. The first kappa shape index (κ1) is 16.8. The standard InChI is InChI=1S/C13H21N3O6/c1-3-20-7-21-11-10(17)8(6-19-2)22-12(11)16-5-4-9(14)15-13(16)18/h4-5,8,10-12,17H,3,6-7H2,1-2H3,(H2,14,15,18). The molecule has 1 aromatic rings. The van der Waals surface area contributed by atoms with Crippen LogP contribution in [-0.2, 0) is 18.9 Å². The van der Waals surface area contributed by atoms with Crippen LogP contribution in [0.1, 0.15) is 13.2 Å². The normalized spacial score (nSPS) is 28.1. The molecule has 1 aliphatic rings. The number of nitrogens with two attached hydrogens (primary N) is 1. The predicted molar refractivity (Wildman–Crippen MR) is 76.1 cm³/mol. The van der Waals surface area contributed by atoms with E-state index >= 15 is 0 Å². The minimum absolute atomic E-state index is 0.0189. The number of nitrogens with zero attached hydrogens (tertiary/aromatic N) is 2. The van der Waals surface area contributed by atoms with E-state index in [1.54, 1.807) is 0 Å². The molecule has 9 nitrogen and oxygen atoms in total. The van der Waals surface area contributed by atoms with Crippen LogP contribution in [0.3, 0.4) is 0 Å². The van der Waals surface area contributed by atoms with Gasteiger partial charge in [-0.2, -0.15) is 4.98 Å². The van der Waals surface area contributed by atoms with Crippen molar-refractivity contribution in [1.29, 1.82) is 0 Å². The number of aliphatic hydroxyl groups is 1. The number of aliphatic hydroxyl groups excluding tert-OH is 1. The van der Waals surface area contributed by atoms with Crippen LogP contribution in [0.5, 0.6) is 0 Å². The Kier molecular flexibility index (Phi) is 5.86. The van der Waals surface area contributed by atoms with Gasteiger partial charge in [0, 0.05) is 19.9 Å². The molecule has 0 amide bonds. The number of hydrogen-bond donors (Lipinski definition) is 2. The van der Waals surface area contributed by atoms with E-state index in [1.807, 2.05) is 6.92 Å². The van der Waals surface area contributed by atoms with Crippen molar-refractivity contribution >= 4 is 5.82 Å². The summed E-state index contributed by atoms with van der Waals surface area (Å²) in [6.45, 7) is 2.45. The summed E-state index contributed by atoms with van der Waals surface area (Å²) in [5.74, 6) is 0.111. The molecule has 4 unspecified atom stereocenters. The number of nitrogen functional groups attached to an aromatic ring is 1. The Morgan fingerprint density at radius 3 is 2.95 bits per heavy atom. The highest BCUT2D eigenvalue weighted by molar-refractivity contribution is 5.23. The monoisotopic (exact) mass is 315 g/mol. The topological polar surface area (TPSA) is 118 Å². The molecule has 0 saturated carbocycles. The van der Waals surface area contributed by atoms with Crippen molar-refractivity contribution in [2.45, 2.75) is 31.5 Å². The first-order valence-corrected chi connectivity index (χ1v) is 6.95. The average Bonchev–Trinajstić information content (AvgIpc) is 2.77. The summed E-state index contributed by atoms with van der Waals surface area (Å²) in [5.41, 5.74) is 4.89. The summed E-state index contributed by atoms with van der Waals surface area (Å²) < 4.78 is 22.6. The van der Waals surface area contributed by atoms with E-state index < -0.39 is 30.2 Å². The smallest absolute Gasteiger partial charge is 0.351 e. The zero-order valence-corrected chi connectivity index (χ0v) is 12.5. The summed E-state index contributed by atoms with van der Waals surface area (Å²) in [6.07, 6.45) is -1.75. The minimum atomic E-state index is -0.963. The van der Waals surface area contributed by atoms with Gasteiger partial charge >= 0.3 is 5.69 Å². The lowest BCUT2D eigenvalue weighted by Crippen LogP contribution is -2.38. The van der Waals surface area contributed by atoms with Crippen LogP contribution in [0.25, 0.3) is 0 Å². The molecule has 3 N–H and O–H groups in total. The molecule has 1 aliphatic heterocycles. The quantitative estimate of drug-likeness (QED) is 0.491. The molecule has 0 radical (unpaired) electrons.